The number of aromatic amines is 2. The van der Waals surface area contributed by atoms with Crippen LogP contribution in [0.15, 0.2) is 66.7 Å². The van der Waals surface area contributed by atoms with Crippen LogP contribution < -0.4 is 16.4 Å². The molecule has 3 aromatic carbocycles. The summed E-state index contributed by atoms with van der Waals surface area (Å²) in [5, 5.41) is 20.0. The molecule has 1 aliphatic rings. The van der Waals surface area contributed by atoms with E-state index in [0.29, 0.717) is 30.4 Å². The van der Waals surface area contributed by atoms with Crippen molar-refractivity contribution in [2.45, 2.75) is 45.1 Å². The molecule has 2 amide bonds. The number of rotatable bonds is 9. The number of imidazole rings is 1. The number of carbonyl (C=O) groups excluding carboxylic acids is 2. The molecule has 0 spiro atoms. The second-order valence-corrected chi connectivity index (χ2v) is 11.3. The van der Waals surface area contributed by atoms with Gasteiger partial charge >= 0.3 is 0 Å². The summed E-state index contributed by atoms with van der Waals surface area (Å²) in [4.78, 5) is 34.7. The van der Waals surface area contributed by atoms with Gasteiger partial charge < -0.3 is 21.4 Å². The Labute approximate surface area is 249 Å². The van der Waals surface area contributed by atoms with Crippen LogP contribution in [0.1, 0.15) is 37.1 Å². The van der Waals surface area contributed by atoms with E-state index in [9.17, 15) is 9.59 Å². The van der Waals surface area contributed by atoms with Gasteiger partial charge in [0, 0.05) is 23.6 Å². The quantitative estimate of drug-likeness (QED) is 0.175. The van der Waals surface area contributed by atoms with Gasteiger partial charge in [0.05, 0.1) is 11.0 Å². The maximum Gasteiger partial charge on any atom is 0.247 e. The molecule has 1 fully saturated rings. The molecule has 1 aliphatic carbocycles. The number of hydrogen-bond donors (Lipinski definition) is 5. The molecule has 0 bridgehead atoms. The lowest BCUT2D eigenvalue weighted by molar-refractivity contribution is -0.130. The summed E-state index contributed by atoms with van der Waals surface area (Å²) in [6.07, 6.45) is 3.80. The fraction of sp³-hybridized carbons (Fsp3) is 0.312. The average Bonchev–Trinajstić information content (AvgIpc) is 3.70. The Hall–Kier alpha value is -4.90. The van der Waals surface area contributed by atoms with E-state index >= 15 is 0 Å². The van der Waals surface area contributed by atoms with Crippen molar-refractivity contribution < 1.29 is 9.59 Å². The molecule has 11 nitrogen and oxygen atoms in total. The summed E-state index contributed by atoms with van der Waals surface area (Å²) in [6.45, 7) is 2.59. The number of H-pyrrole nitrogens is 2. The number of carbonyl (C=O) groups is 2. The van der Waals surface area contributed by atoms with Gasteiger partial charge in [-0.25, -0.2) is 4.98 Å². The Bertz CT molecular complexity index is 1690. The van der Waals surface area contributed by atoms with Gasteiger partial charge in [-0.2, -0.15) is 5.21 Å². The van der Waals surface area contributed by atoms with Crippen molar-refractivity contribution in [1.29, 1.82) is 0 Å². The maximum absolute atomic E-state index is 13.6. The third-order valence-electron chi connectivity index (χ3n) is 8.27. The summed E-state index contributed by atoms with van der Waals surface area (Å²) >= 11 is 0. The zero-order valence-electron chi connectivity index (χ0n) is 24.0. The second-order valence-electron chi connectivity index (χ2n) is 11.3. The molecule has 6 N–H and O–H groups in total. The van der Waals surface area contributed by atoms with E-state index in [4.69, 9.17) is 5.73 Å². The van der Waals surface area contributed by atoms with Gasteiger partial charge in [0.1, 0.15) is 11.9 Å². The zero-order chi connectivity index (χ0) is 29.8. The summed E-state index contributed by atoms with van der Waals surface area (Å²) in [6, 6.07) is 20.7. The number of fused-ring (bicyclic) bond motifs is 1. The molecular formula is C32H35N9O2. The van der Waals surface area contributed by atoms with Crippen LogP contribution in [0.25, 0.3) is 33.5 Å². The van der Waals surface area contributed by atoms with Crippen molar-refractivity contribution >= 4 is 28.5 Å². The van der Waals surface area contributed by atoms with Gasteiger partial charge in [0.2, 0.25) is 17.6 Å². The number of tetrazole rings is 1. The number of aromatic nitrogens is 6. The first kappa shape index (κ1) is 28.2. The molecule has 1 atom stereocenters. The first-order valence-electron chi connectivity index (χ1n) is 14.7. The summed E-state index contributed by atoms with van der Waals surface area (Å²) in [5.74, 6) is 1.34. The van der Waals surface area contributed by atoms with Crippen LogP contribution in [0, 0.1) is 18.8 Å². The minimum atomic E-state index is -0.745. The van der Waals surface area contributed by atoms with Gasteiger partial charge in [0.25, 0.3) is 0 Å². The van der Waals surface area contributed by atoms with Crippen molar-refractivity contribution in [3.8, 4) is 22.5 Å². The molecule has 0 aliphatic heterocycles. The minimum absolute atomic E-state index is 0.0812. The third-order valence-corrected chi connectivity index (χ3v) is 8.27. The van der Waals surface area contributed by atoms with Crippen LogP contribution in [0.3, 0.4) is 0 Å². The summed E-state index contributed by atoms with van der Waals surface area (Å²) in [5.41, 5.74) is 12.2. The van der Waals surface area contributed by atoms with E-state index in [1.807, 2.05) is 49.4 Å². The summed E-state index contributed by atoms with van der Waals surface area (Å²) in [7, 11) is 0. The number of anilines is 1. The normalized spacial score (nSPS) is 17.4. The van der Waals surface area contributed by atoms with Gasteiger partial charge in [-0.1, -0.05) is 30.3 Å². The molecular weight excluding hydrogens is 542 g/mol. The van der Waals surface area contributed by atoms with Crippen LogP contribution in [0.4, 0.5) is 5.69 Å². The largest absolute Gasteiger partial charge is 0.344 e. The molecule has 2 heterocycles. The Kier molecular flexibility index (Phi) is 8.23. The number of amides is 2. The fourth-order valence-electron chi connectivity index (χ4n) is 5.76. The van der Waals surface area contributed by atoms with Crippen LogP contribution in [-0.4, -0.2) is 55.0 Å². The van der Waals surface area contributed by atoms with E-state index in [0.717, 1.165) is 64.8 Å². The zero-order valence-corrected chi connectivity index (χ0v) is 24.0. The Balaban J connectivity index is 1.17. The second kappa shape index (κ2) is 12.5. The minimum Gasteiger partial charge on any atom is -0.344 e. The number of nitrogens with one attached hydrogen (secondary N) is 4. The van der Waals surface area contributed by atoms with Crippen molar-refractivity contribution in [3.63, 3.8) is 0 Å². The molecule has 11 heteroatoms. The topological polar surface area (TPSA) is 167 Å². The Morgan fingerprint density at radius 2 is 1.67 bits per heavy atom. The number of aryl methyl sites for hydroxylation is 1. The first-order valence-corrected chi connectivity index (χ1v) is 14.7. The maximum atomic E-state index is 13.6. The molecule has 0 unspecified atom stereocenters. The van der Waals surface area contributed by atoms with Gasteiger partial charge in [0.15, 0.2) is 0 Å². The number of hydrogen-bond acceptors (Lipinski definition) is 7. The van der Waals surface area contributed by atoms with Crippen molar-refractivity contribution in [2.75, 3.05) is 11.9 Å². The van der Waals surface area contributed by atoms with Crippen LogP contribution in [-0.2, 0) is 16.0 Å². The van der Waals surface area contributed by atoms with Crippen LogP contribution in [0.2, 0.25) is 0 Å². The van der Waals surface area contributed by atoms with E-state index in [-0.39, 0.29) is 17.7 Å². The lowest BCUT2D eigenvalue weighted by atomic mass is 9.81. The smallest absolute Gasteiger partial charge is 0.247 e. The van der Waals surface area contributed by atoms with Crippen molar-refractivity contribution in [3.05, 3.63) is 78.1 Å². The van der Waals surface area contributed by atoms with Crippen molar-refractivity contribution in [1.82, 2.24) is 35.9 Å². The predicted octanol–water partition coefficient (Wildman–Crippen LogP) is 4.15. The summed E-state index contributed by atoms with van der Waals surface area (Å²) < 4.78 is 0. The standard InChI is InChI=1S/C32H35N9O2/c1-19-34-27-15-12-25(17-28(27)35-19)22-6-2-20(3-7-22)16-29(37-31(42)24-8-4-21(18-33)5-9-24)32(43)36-26-13-10-23(11-14-26)30-38-40-41-39-30/h2-3,6-7,10-15,17,21,24,29H,4-5,8-9,16,18,33H2,1H3,(H,34,35)(H,36,43)(H,37,42)(H,38,39,40,41)/t21-,24-,29-/m0/s1. The number of nitrogens with zero attached hydrogens (tertiary/aromatic N) is 4. The molecule has 43 heavy (non-hydrogen) atoms. The molecule has 6 rings (SSSR count). The fourth-order valence-corrected chi connectivity index (χ4v) is 5.76. The highest BCUT2D eigenvalue weighted by Gasteiger charge is 2.29. The highest BCUT2D eigenvalue weighted by molar-refractivity contribution is 5.97. The molecule has 5 aromatic rings. The molecule has 2 aromatic heterocycles. The van der Waals surface area contributed by atoms with E-state index in [2.05, 4.69) is 53.4 Å². The monoisotopic (exact) mass is 577 g/mol. The predicted molar refractivity (Wildman–Crippen MR) is 165 cm³/mol. The van der Waals surface area contributed by atoms with Gasteiger partial charge in [-0.3, -0.25) is 9.59 Å². The lowest BCUT2D eigenvalue weighted by Gasteiger charge is -2.28. The SMILES string of the molecule is Cc1nc2cc(-c3ccc(C[C@H](NC(=O)[C@H]4CC[C@H](CN)CC4)C(=O)Nc4ccc(-c5nn[nH]n5)cc4)cc3)ccc2[nH]1. The molecule has 0 saturated heterocycles. The molecule has 1 saturated carbocycles. The Morgan fingerprint density at radius 3 is 2.37 bits per heavy atom. The average molecular weight is 578 g/mol. The van der Waals surface area contributed by atoms with Crippen molar-refractivity contribution in [2.24, 2.45) is 17.6 Å². The lowest BCUT2D eigenvalue weighted by Crippen LogP contribution is -2.48. The third kappa shape index (κ3) is 6.62. The van der Waals surface area contributed by atoms with E-state index in [1.165, 1.54) is 0 Å². The highest BCUT2D eigenvalue weighted by atomic mass is 16.2. The Morgan fingerprint density at radius 1 is 0.953 bits per heavy atom. The van der Waals surface area contributed by atoms with E-state index in [1.54, 1.807) is 12.1 Å². The van der Waals surface area contributed by atoms with Crippen LogP contribution >= 0.6 is 0 Å². The molecule has 220 valence electrons. The molecule has 0 radical (unpaired) electrons. The van der Waals surface area contributed by atoms with Crippen LogP contribution in [0.5, 0.6) is 0 Å². The number of benzene rings is 3. The van der Waals surface area contributed by atoms with Gasteiger partial charge in [-0.05, 0) is 103 Å². The van der Waals surface area contributed by atoms with E-state index < -0.39 is 6.04 Å². The van der Waals surface area contributed by atoms with Gasteiger partial charge in [-0.15, -0.1) is 10.2 Å². The highest BCUT2D eigenvalue weighted by Crippen LogP contribution is 2.29. The first-order chi connectivity index (χ1) is 20.9. The number of nitrogens with two attached hydrogens (primary N) is 1.